The number of nitrogens with one attached hydrogen (secondary N) is 1. The standard InChI is InChI=1S/C24H28N2O3S/c27-24(23-15-18-5-1-2-6-22(18)30-23)25-19(16-26-9-3-4-10-26)13-17-7-8-20-21(14-17)29-12-11-28-20/h2,6-8,14-15,19H,1,3-5,9-13,16H2,(H,25,27). The summed E-state index contributed by atoms with van der Waals surface area (Å²) in [5.74, 6) is 1.66. The van der Waals surface area contributed by atoms with Crippen LogP contribution in [0, 0.1) is 0 Å². The molecule has 1 fully saturated rings. The van der Waals surface area contributed by atoms with Crippen LogP contribution in [-0.2, 0) is 12.8 Å². The first-order chi connectivity index (χ1) is 14.7. The highest BCUT2D eigenvalue weighted by atomic mass is 32.1. The Balaban J connectivity index is 1.31. The third-order valence-corrected chi connectivity index (χ3v) is 7.16. The fourth-order valence-corrected chi connectivity index (χ4v) is 5.56. The van der Waals surface area contributed by atoms with Gasteiger partial charge in [-0.25, -0.2) is 0 Å². The van der Waals surface area contributed by atoms with E-state index in [4.69, 9.17) is 9.47 Å². The predicted molar refractivity (Wildman–Crippen MR) is 120 cm³/mol. The summed E-state index contributed by atoms with van der Waals surface area (Å²) < 4.78 is 11.4. The Morgan fingerprint density at radius 1 is 1.13 bits per heavy atom. The van der Waals surface area contributed by atoms with E-state index in [-0.39, 0.29) is 11.9 Å². The number of ether oxygens (including phenoxy) is 2. The van der Waals surface area contributed by atoms with Gasteiger partial charge in [-0.3, -0.25) is 4.79 Å². The minimum atomic E-state index is 0.0459. The second-order valence-electron chi connectivity index (χ2n) is 8.30. The monoisotopic (exact) mass is 424 g/mol. The van der Waals surface area contributed by atoms with Crippen molar-refractivity contribution in [3.8, 4) is 11.5 Å². The number of aryl methyl sites for hydroxylation is 1. The molecule has 158 valence electrons. The van der Waals surface area contributed by atoms with Crippen molar-refractivity contribution < 1.29 is 14.3 Å². The lowest BCUT2D eigenvalue weighted by molar-refractivity contribution is 0.0931. The summed E-state index contributed by atoms with van der Waals surface area (Å²) in [7, 11) is 0. The molecular weight excluding hydrogens is 396 g/mol. The van der Waals surface area contributed by atoms with Gasteiger partial charge >= 0.3 is 0 Å². The van der Waals surface area contributed by atoms with Gasteiger partial charge in [-0.2, -0.15) is 0 Å². The van der Waals surface area contributed by atoms with Crippen LogP contribution in [0.1, 0.15) is 44.9 Å². The molecule has 1 aromatic carbocycles. The van der Waals surface area contributed by atoms with Crippen molar-refractivity contribution >= 4 is 23.3 Å². The first-order valence-corrected chi connectivity index (χ1v) is 11.8. The second-order valence-corrected chi connectivity index (χ2v) is 9.39. The van der Waals surface area contributed by atoms with Crippen molar-refractivity contribution in [3.05, 3.63) is 51.2 Å². The fraction of sp³-hybridized carbons (Fsp3) is 0.458. The van der Waals surface area contributed by atoms with Crippen LogP contribution >= 0.6 is 11.3 Å². The highest BCUT2D eigenvalue weighted by Crippen LogP contribution is 2.31. The van der Waals surface area contributed by atoms with Gasteiger partial charge < -0.3 is 19.7 Å². The number of allylic oxidation sites excluding steroid dienone is 1. The van der Waals surface area contributed by atoms with Crippen LogP contribution in [0.15, 0.2) is 30.3 Å². The Morgan fingerprint density at radius 2 is 1.97 bits per heavy atom. The largest absolute Gasteiger partial charge is 0.486 e. The molecule has 0 radical (unpaired) electrons. The summed E-state index contributed by atoms with van der Waals surface area (Å²) in [4.78, 5) is 17.6. The van der Waals surface area contributed by atoms with Gasteiger partial charge in [0.25, 0.3) is 5.91 Å². The number of rotatable bonds is 6. The van der Waals surface area contributed by atoms with Gasteiger partial charge in [-0.15, -0.1) is 11.3 Å². The molecule has 6 heteroatoms. The van der Waals surface area contributed by atoms with Crippen LogP contribution < -0.4 is 14.8 Å². The zero-order chi connectivity index (χ0) is 20.3. The number of hydrogen-bond acceptors (Lipinski definition) is 5. The topological polar surface area (TPSA) is 50.8 Å². The molecule has 3 heterocycles. The van der Waals surface area contributed by atoms with Crippen molar-refractivity contribution in [1.29, 1.82) is 0 Å². The number of thiophene rings is 1. The lowest BCUT2D eigenvalue weighted by atomic mass is 10.0. The maximum Gasteiger partial charge on any atom is 0.261 e. The second kappa shape index (κ2) is 8.82. The molecule has 1 N–H and O–H groups in total. The SMILES string of the molecule is O=C(NC(Cc1ccc2c(c1)OCCO2)CN1CCCC1)c1cc2c(s1)C=CCC2. The molecule has 1 saturated heterocycles. The van der Waals surface area contributed by atoms with Crippen LogP contribution in [0.3, 0.4) is 0 Å². The summed E-state index contributed by atoms with van der Waals surface area (Å²) in [6.45, 7) is 4.30. The molecule has 0 saturated carbocycles. The zero-order valence-electron chi connectivity index (χ0n) is 17.2. The van der Waals surface area contributed by atoms with Crippen molar-refractivity contribution in [1.82, 2.24) is 10.2 Å². The normalized spacial score (nSPS) is 18.8. The van der Waals surface area contributed by atoms with Crippen LogP contribution in [0.5, 0.6) is 11.5 Å². The molecule has 1 aromatic heterocycles. The Kier molecular flexibility index (Phi) is 5.77. The molecule has 1 unspecified atom stereocenters. The highest BCUT2D eigenvalue weighted by molar-refractivity contribution is 7.15. The lowest BCUT2D eigenvalue weighted by Crippen LogP contribution is -2.44. The molecule has 3 aliphatic rings. The Labute approximate surface area is 181 Å². The quantitative estimate of drug-likeness (QED) is 0.764. The van der Waals surface area contributed by atoms with Crippen molar-refractivity contribution in [2.45, 2.75) is 38.1 Å². The minimum absolute atomic E-state index is 0.0459. The number of hydrogen-bond donors (Lipinski definition) is 1. The van der Waals surface area contributed by atoms with E-state index in [2.05, 4.69) is 40.6 Å². The number of fused-ring (bicyclic) bond motifs is 2. The summed E-state index contributed by atoms with van der Waals surface area (Å²) in [5.41, 5.74) is 2.47. The van der Waals surface area contributed by atoms with Crippen LogP contribution in [0.2, 0.25) is 0 Å². The Hall–Kier alpha value is -2.31. The van der Waals surface area contributed by atoms with Gasteiger partial charge in [0.1, 0.15) is 13.2 Å². The maximum absolute atomic E-state index is 13.1. The lowest BCUT2D eigenvalue weighted by Gasteiger charge is -2.25. The van der Waals surface area contributed by atoms with Crippen LogP contribution in [0.4, 0.5) is 0 Å². The van der Waals surface area contributed by atoms with Crippen molar-refractivity contribution in [2.24, 2.45) is 0 Å². The molecule has 1 aliphatic carbocycles. The van der Waals surface area contributed by atoms with Crippen LogP contribution in [0.25, 0.3) is 6.08 Å². The van der Waals surface area contributed by atoms with Gasteiger partial charge in [-0.1, -0.05) is 12.1 Å². The van der Waals surface area contributed by atoms with E-state index in [1.54, 1.807) is 11.3 Å². The first kappa shape index (κ1) is 19.6. The number of amides is 1. The first-order valence-electron chi connectivity index (χ1n) is 11.0. The smallest absolute Gasteiger partial charge is 0.261 e. The third kappa shape index (κ3) is 4.40. The average Bonchev–Trinajstić information content (AvgIpc) is 3.43. The van der Waals surface area contributed by atoms with E-state index in [0.29, 0.717) is 13.2 Å². The number of carbonyl (C=O) groups excluding carboxylic acids is 1. The molecule has 1 amide bonds. The molecule has 1 atom stereocenters. The molecule has 2 aliphatic heterocycles. The van der Waals surface area contributed by atoms with Gasteiger partial charge in [0.05, 0.1) is 4.88 Å². The zero-order valence-corrected chi connectivity index (χ0v) is 18.0. The molecule has 5 rings (SSSR count). The Morgan fingerprint density at radius 3 is 2.80 bits per heavy atom. The molecule has 2 aromatic rings. The summed E-state index contributed by atoms with van der Waals surface area (Å²) in [6, 6.07) is 8.28. The van der Waals surface area contributed by atoms with Gasteiger partial charge in [0.15, 0.2) is 11.5 Å². The van der Waals surface area contributed by atoms with E-state index in [0.717, 1.165) is 60.8 Å². The van der Waals surface area contributed by atoms with Gasteiger partial charge in [0, 0.05) is 17.5 Å². The number of benzene rings is 1. The number of carbonyl (C=O) groups is 1. The molecule has 0 bridgehead atoms. The maximum atomic E-state index is 13.1. The van der Waals surface area contributed by atoms with E-state index in [1.807, 2.05) is 6.07 Å². The molecule has 5 nitrogen and oxygen atoms in total. The number of nitrogens with zero attached hydrogens (tertiary/aromatic N) is 1. The highest BCUT2D eigenvalue weighted by Gasteiger charge is 2.23. The van der Waals surface area contributed by atoms with E-state index in [9.17, 15) is 4.79 Å². The fourth-order valence-electron chi connectivity index (χ4n) is 4.51. The molecular formula is C24H28N2O3S. The number of likely N-dealkylation sites (tertiary alicyclic amines) is 1. The van der Waals surface area contributed by atoms with Crippen LogP contribution in [-0.4, -0.2) is 49.7 Å². The Bertz CT molecular complexity index is 946. The van der Waals surface area contributed by atoms with E-state index < -0.39 is 0 Å². The summed E-state index contributed by atoms with van der Waals surface area (Å²) >= 11 is 1.60. The van der Waals surface area contributed by atoms with Crippen molar-refractivity contribution in [3.63, 3.8) is 0 Å². The summed E-state index contributed by atoms with van der Waals surface area (Å²) in [5, 5.41) is 3.33. The van der Waals surface area contributed by atoms with Gasteiger partial charge in [0.2, 0.25) is 0 Å². The molecule has 0 spiro atoms. The summed E-state index contributed by atoms with van der Waals surface area (Å²) in [6.07, 6.45) is 9.71. The van der Waals surface area contributed by atoms with E-state index in [1.165, 1.54) is 23.3 Å². The third-order valence-electron chi connectivity index (χ3n) is 6.02. The van der Waals surface area contributed by atoms with Crippen molar-refractivity contribution in [2.75, 3.05) is 32.8 Å². The van der Waals surface area contributed by atoms with Gasteiger partial charge in [-0.05, 0) is 80.6 Å². The average molecular weight is 425 g/mol. The molecule has 30 heavy (non-hydrogen) atoms. The predicted octanol–water partition coefficient (Wildman–Crippen LogP) is 3.92. The minimum Gasteiger partial charge on any atom is -0.486 e. The van der Waals surface area contributed by atoms with E-state index >= 15 is 0 Å².